The fourth-order valence-corrected chi connectivity index (χ4v) is 2.96. The third-order valence-electron chi connectivity index (χ3n) is 4.08. The van der Waals surface area contributed by atoms with E-state index in [-0.39, 0.29) is 12.3 Å². The number of aromatic amines is 1. The summed E-state index contributed by atoms with van der Waals surface area (Å²) in [5.74, 6) is -0.702. The fourth-order valence-electron chi connectivity index (χ4n) is 2.63. The predicted molar refractivity (Wildman–Crippen MR) is 117 cm³/mol. The Morgan fingerprint density at radius 2 is 1.83 bits per heavy atom. The molecule has 2 aromatic carbocycles. The normalized spacial score (nSPS) is 11.6. The predicted octanol–water partition coefficient (Wildman–Crippen LogP) is 5.47. The first kappa shape index (κ1) is 21.5. The van der Waals surface area contributed by atoms with Crippen LogP contribution in [0.3, 0.4) is 0 Å². The Morgan fingerprint density at radius 3 is 2.57 bits per heavy atom. The highest BCUT2D eigenvalue weighted by molar-refractivity contribution is 6.42. The lowest BCUT2D eigenvalue weighted by atomic mass is 10.2. The van der Waals surface area contributed by atoms with Gasteiger partial charge in [0.15, 0.2) is 0 Å². The van der Waals surface area contributed by atoms with E-state index in [0.717, 1.165) is 22.2 Å². The summed E-state index contributed by atoms with van der Waals surface area (Å²) < 4.78 is 9.83. The third kappa shape index (κ3) is 5.65. The molecule has 0 fully saturated rings. The number of halogens is 2. The highest BCUT2D eigenvalue weighted by atomic mass is 35.5. The number of nitrogens with one attached hydrogen (secondary N) is 2. The van der Waals surface area contributed by atoms with E-state index in [0.29, 0.717) is 10.0 Å². The number of amides is 1. The van der Waals surface area contributed by atoms with Gasteiger partial charge in [0.1, 0.15) is 12.3 Å². The van der Waals surface area contributed by atoms with Gasteiger partial charge in [0, 0.05) is 16.6 Å². The molecule has 0 bridgehead atoms. The Balaban J connectivity index is 1.68. The molecule has 0 aliphatic carbocycles. The van der Waals surface area contributed by atoms with Gasteiger partial charge in [-0.05, 0) is 35.9 Å². The molecular formula is C22H18Cl2N2O4. The van der Waals surface area contributed by atoms with Gasteiger partial charge in [0.05, 0.1) is 17.2 Å². The molecule has 8 heteroatoms. The van der Waals surface area contributed by atoms with E-state index in [2.05, 4.69) is 10.3 Å². The lowest BCUT2D eigenvalue weighted by molar-refractivity contribution is -0.136. The maximum Gasteiger partial charge on any atom is 0.412 e. The Morgan fingerprint density at radius 1 is 1.10 bits per heavy atom. The first-order valence-electron chi connectivity index (χ1n) is 8.88. The van der Waals surface area contributed by atoms with Crippen molar-refractivity contribution in [2.24, 2.45) is 0 Å². The molecule has 0 aliphatic rings. The Hall–Kier alpha value is -3.22. The number of carbonyl (C=O) groups excluding carboxylic acids is 2. The van der Waals surface area contributed by atoms with Crippen LogP contribution in [-0.4, -0.2) is 24.2 Å². The van der Waals surface area contributed by atoms with Crippen LogP contribution < -0.4 is 5.32 Å². The van der Waals surface area contributed by atoms with Crippen LogP contribution in [-0.2, 0) is 20.9 Å². The Kier molecular flexibility index (Phi) is 7.17. The van der Waals surface area contributed by atoms with Crippen molar-refractivity contribution in [2.75, 3.05) is 7.11 Å². The summed E-state index contributed by atoms with van der Waals surface area (Å²) in [5.41, 5.74) is 2.35. The van der Waals surface area contributed by atoms with E-state index in [9.17, 15) is 9.59 Å². The minimum absolute atomic E-state index is 0.0611. The average molecular weight is 445 g/mol. The maximum absolute atomic E-state index is 12.0. The number of rotatable bonds is 6. The van der Waals surface area contributed by atoms with E-state index < -0.39 is 12.1 Å². The van der Waals surface area contributed by atoms with E-state index in [4.69, 9.17) is 32.7 Å². The summed E-state index contributed by atoms with van der Waals surface area (Å²) in [6.07, 6.45) is 3.97. The van der Waals surface area contributed by atoms with Crippen molar-refractivity contribution in [3.63, 3.8) is 0 Å². The standard InChI is InChI=1S/C22H18Cl2N2O4/c1-29-21(27)19(26-22(28)30-13-14-6-3-2-4-7-14)9-5-8-16-10-15-11-17(23)18(24)12-20(15)25-16/h2-12,25H,13H2,1H3,(H,26,28)/b8-5+,19-9-. The molecule has 1 aromatic heterocycles. The molecule has 0 unspecified atom stereocenters. The summed E-state index contributed by atoms with van der Waals surface area (Å²) in [7, 11) is 1.22. The molecule has 3 rings (SSSR count). The smallest absolute Gasteiger partial charge is 0.412 e. The third-order valence-corrected chi connectivity index (χ3v) is 4.80. The molecule has 3 aromatic rings. The lowest BCUT2D eigenvalue weighted by Gasteiger charge is -2.08. The Bertz CT molecular complexity index is 1080. The van der Waals surface area contributed by atoms with Gasteiger partial charge in [-0.25, -0.2) is 9.59 Å². The van der Waals surface area contributed by atoms with Crippen LogP contribution in [0.2, 0.25) is 10.0 Å². The zero-order chi connectivity index (χ0) is 21.5. The lowest BCUT2D eigenvalue weighted by Crippen LogP contribution is -2.28. The van der Waals surface area contributed by atoms with Gasteiger partial charge < -0.3 is 14.5 Å². The van der Waals surface area contributed by atoms with Crippen LogP contribution >= 0.6 is 23.2 Å². The van der Waals surface area contributed by atoms with Gasteiger partial charge in [0.25, 0.3) is 0 Å². The second-order valence-electron chi connectivity index (χ2n) is 6.20. The first-order valence-corrected chi connectivity index (χ1v) is 9.64. The highest BCUT2D eigenvalue weighted by Crippen LogP contribution is 2.28. The summed E-state index contributed by atoms with van der Waals surface area (Å²) in [5, 5.41) is 4.20. The van der Waals surface area contributed by atoms with Crippen LogP contribution in [0.15, 0.2) is 66.4 Å². The zero-order valence-corrected chi connectivity index (χ0v) is 17.5. The molecule has 154 valence electrons. The highest BCUT2D eigenvalue weighted by Gasteiger charge is 2.13. The number of aromatic nitrogens is 1. The summed E-state index contributed by atoms with van der Waals surface area (Å²) >= 11 is 12.1. The van der Waals surface area contributed by atoms with Gasteiger partial charge in [-0.1, -0.05) is 59.6 Å². The Labute approximate surface area is 183 Å². The van der Waals surface area contributed by atoms with E-state index in [1.807, 2.05) is 36.4 Å². The molecule has 0 aliphatic heterocycles. The molecule has 0 saturated heterocycles. The van der Waals surface area contributed by atoms with E-state index in [1.165, 1.54) is 13.2 Å². The molecule has 1 heterocycles. The fraction of sp³-hybridized carbons (Fsp3) is 0.0909. The second-order valence-corrected chi connectivity index (χ2v) is 7.01. The number of alkyl carbamates (subject to hydrolysis) is 1. The van der Waals surface area contributed by atoms with Gasteiger partial charge in [0.2, 0.25) is 0 Å². The maximum atomic E-state index is 12.0. The largest absolute Gasteiger partial charge is 0.464 e. The number of esters is 1. The first-order chi connectivity index (χ1) is 14.5. The minimum atomic E-state index is -0.765. The number of carbonyl (C=O) groups is 2. The number of hydrogen-bond acceptors (Lipinski definition) is 4. The van der Waals surface area contributed by atoms with Crippen LogP contribution in [0.1, 0.15) is 11.3 Å². The van der Waals surface area contributed by atoms with Gasteiger partial charge in [-0.2, -0.15) is 0 Å². The van der Waals surface area contributed by atoms with Gasteiger partial charge in [-0.15, -0.1) is 0 Å². The summed E-state index contributed by atoms with van der Waals surface area (Å²) in [6, 6.07) is 14.6. The van der Waals surface area contributed by atoms with Crippen LogP contribution in [0, 0.1) is 0 Å². The number of H-pyrrole nitrogens is 1. The number of allylic oxidation sites excluding steroid dienone is 2. The van der Waals surface area contributed by atoms with Crippen LogP contribution in [0.4, 0.5) is 4.79 Å². The molecule has 6 nitrogen and oxygen atoms in total. The number of methoxy groups -OCH3 is 1. The number of benzene rings is 2. The summed E-state index contributed by atoms with van der Waals surface area (Å²) in [6.45, 7) is 0.0805. The van der Waals surface area contributed by atoms with Crippen molar-refractivity contribution in [1.29, 1.82) is 0 Å². The second kappa shape index (κ2) is 10.0. The molecule has 0 saturated carbocycles. The molecule has 0 atom stereocenters. The molecule has 0 radical (unpaired) electrons. The topological polar surface area (TPSA) is 80.4 Å². The van der Waals surface area contributed by atoms with Crippen molar-refractivity contribution >= 4 is 52.2 Å². The van der Waals surface area contributed by atoms with Crippen molar-refractivity contribution in [2.45, 2.75) is 6.61 Å². The quantitative estimate of drug-likeness (QED) is 0.300. The zero-order valence-electron chi connectivity index (χ0n) is 15.9. The molecule has 30 heavy (non-hydrogen) atoms. The van der Waals surface area contributed by atoms with Crippen molar-refractivity contribution in [3.05, 3.63) is 87.7 Å². The van der Waals surface area contributed by atoms with Crippen molar-refractivity contribution < 1.29 is 19.1 Å². The molecule has 0 spiro atoms. The van der Waals surface area contributed by atoms with Crippen molar-refractivity contribution in [3.8, 4) is 0 Å². The van der Waals surface area contributed by atoms with Gasteiger partial charge in [-0.3, -0.25) is 5.32 Å². The van der Waals surface area contributed by atoms with E-state index >= 15 is 0 Å². The van der Waals surface area contributed by atoms with Crippen LogP contribution in [0.5, 0.6) is 0 Å². The van der Waals surface area contributed by atoms with E-state index in [1.54, 1.807) is 24.3 Å². The summed E-state index contributed by atoms with van der Waals surface area (Å²) in [4.78, 5) is 27.1. The minimum Gasteiger partial charge on any atom is -0.464 e. The van der Waals surface area contributed by atoms with Crippen molar-refractivity contribution in [1.82, 2.24) is 10.3 Å². The average Bonchev–Trinajstić information content (AvgIpc) is 3.13. The number of fused-ring (bicyclic) bond motifs is 1. The number of hydrogen-bond donors (Lipinski definition) is 2. The molecule has 1 amide bonds. The molecular weight excluding hydrogens is 427 g/mol. The monoisotopic (exact) mass is 444 g/mol. The number of ether oxygens (including phenoxy) is 2. The SMILES string of the molecule is COC(=O)/C(=C/C=C/c1cc2cc(Cl)c(Cl)cc2[nH]1)NC(=O)OCc1ccccc1. The van der Waals surface area contributed by atoms with Gasteiger partial charge >= 0.3 is 12.1 Å². The molecule has 2 N–H and O–H groups in total. The van der Waals surface area contributed by atoms with Crippen LogP contribution in [0.25, 0.3) is 17.0 Å².